The van der Waals surface area contributed by atoms with Gasteiger partial charge in [-0.3, -0.25) is 14.7 Å². The maximum atomic E-state index is 13.6. The van der Waals surface area contributed by atoms with Crippen molar-refractivity contribution in [2.24, 2.45) is 5.92 Å². The van der Waals surface area contributed by atoms with Crippen LogP contribution in [-0.2, 0) is 14.6 Å². The highest BCUT2D eigenvalue weighted by Gasteiger charge is 2.70. The van der Waals surface area contributed by atoms with Crippen LogP contribution >= 0.6 is 0 Å². The van der Waals surface area contributed by atoms with Gasteiger partial charge < -0.3 is 0 Å². The van der Waals surface area contributed by atoms with E-state index in [0.717, 1.165) is 34.7 Å². The van der Waals surface area contributed by atoms with Crippen LogP contribution in [0.5, 0.6) is 0 Å². The highest BCUT2D eigenvalue weighted by molar-refractivity contribution is 7.92. The second-order valence-corrected chi connectivity index (χ2v) is 10.5. The van der Waals surface area contributed by atoms with Crippen molar-refractivity contribution in [2.75, 3.05) is 9.80 Å². The topological polar surface area (TPSA) is 87.7 Å². The monoisotopic (exact) mass is 489 g/mol. The Morgan fingerprint density at radius 2 is 1.71 bits per heavy atom. The summed E-state index contributed by atoms with van der Waals surface area (Å²) in [6, 6.07) is 10.1. The van der Waals surface area contributed by atoms with Crippen molar-refractivity contribution in [3.05, 3.63) is 60.3 Å². The number of alkyl halides is 3. The summed E-state index contributed by atoms with van der Waals surface area (Å²) in [5.41, 5.74) is -4.49. The van der Waals surface area contributed by atoms with Gasteiger partial charge in [0.25, 0.3) is 15.7 Å². The third-order valence-corrected chi connectivity index (χ3v) is 7.95. The van der Waals surface area contributed by atoms with Crippen molar-refractivity contribution in [3.63, 3.8) is 0 Å². The van der Waals surface area contributed by atoms with Gasteiger partial charge in [-0.2, -0.15) is 13.2 Å². The number of imide groups is 1. The molecule has 1 saturated heterocycles. The van der Waals surface area contributed by atoms with Crippen LogP contribution in [0.4, 0.5) is 29.3 Å². The molecule has 2 aromatic carbocycles. The number of benzene rings is 2. The first-order chi connectivity index (χ1) is 15.9. The SMILES string of the molecule is Cc1ccc2nccc(N3C(=O)N(c4ccc(S(=O)(=O)C(F)(F)F)cc4)C(=O)C34CC4C)c2c1. The van der Waals surface area contributed by atoms with E-state index in [1.807, 2.05) is 32.0 Å². The summed E-state index contributed by atoms with van der Waals surface area (Å²) in [7, 11) is -5.55. The molecule has 3 amide bonds. The van der Waals surface area contributed by atoms with Gasteiger partial charge in [0.2, 0.25) is 0 Å². The molecule has 11 heteroatoms. The van der Waals surface area contributed by atoms with Gasteiger partial charge in [-0.25, -0.2) is 18.1 Å². The molecule has 3 aromatic rings. The lowest BCUT2D eigenvalue weighted by molar-refractivity contribution is -0.119. The molecule has 0 radical (unpaired) electrons. The number of nitrogens with zero attached hydrogens (tertiary/aromatic N) is 3. The molecule has 0 N–H and O–H groups in total. The minimum absolute atomic E-state index is 0.00774. The van der Waals surface area contributed by atoms with Gasteiger partial charge in [0.05, 0.1) is 21.8 Å². The van der Waals surface area contributed by atoms with Crippen LogP contribution in [0.3, 0.4) is 0 Å². The highest BCUT2D eigenvalue weighted by Crippen LogP contribution is 2.56. The first-order valence-electron chi connectivity index (χ1n) is 10.3. The zero-order valence-electron chi connectivity index (χ0n) is 18.0. The molecule has 5 rings (SSSR count). The van der Waals surface area contributed by atoms with Crippen molar-refractivity contribution in [1.29, 1.82) is 0 Å². The number of pyridine rings is 1. The van der Waals surface area contributed by atoms with Crippen LogP contribution in [0.15, 0.2) is 59.6 Å². The zero-order valence-corrected chi connectivity index (χ0v) is 18.8. The second kappa shape index (κ2) is 7.02. The van der Waals surface area contributed by atoms with Crippen LogP contribution in [0.25, 0.3) is 10.9 Å². The Morgan fingerprint density at radius 3 is 2.29 bits per heavy atom. The molecule has 2 unspecified atom stereocenters. The summed E-state index contributed by atoms with van der Waals surface area (Å²) in [6.45, 7) is 3.74. The Balaban J connectivity index is 1.60. The van der Waals surface area contributed by atoms with E-state index in [4.69, 9.17) is 0 Å². The number of fused-ring (bicyclic) bond motifs is 1. The number of sulfone groups is 1. The summed E-state index contributed by atoms with van der Waals surface area (Å²) in [5, 5.41) is 0.690. The summed E-state index contributed by atoms with van der Waals surface area (Å²) in [6.07, 6.45) is 1.97. The Morgan fingerprint density at radius 1 is 1.06 bits per heavy atom. The predicted octanol–water partition coefficient (Wildman–Crippen LogP) is 4.59. The number of halogens is 3. The smallest absolute Gasteiger partial charge is 0.277 e. The molecule has 2 aliphatic rings. The molecule has 2 atom stereocenters. The van der Waals surface area contributed by atoms with Gasteiger partial charge >= 0.3 is 11.5 Å². The average Bonchev–Trinajstić information content (AvgIpc) is 3.39. The van der Waals surface area contributed by atoms with Gasteiger partial charge in [-0.1, -0.05) is 18.6 Å². The molecule has 34 heavy (non-hydrogen) atoms. The molecule has 1 saturated carbocycles. The molecule has 0 bridgehead atoms. The van der Waals surface area contributed by atoms with E-state index >= 15 is 0 Å². The number of aromatic nitrogens is 1. The highest BCUT2D eigenvalue weighted by atomic mass is 32.2. The lowest BCUT2D eigenvalue weighted by atomic mass is 10.1. The number of rotatable bonds is 3. The van der Waals surface area contributed by atoms with Crippen molar-refractivity contribution < 1.29 is 31.2 Å². The molecule has 1 spiro atoms. The molecule has 1 aliphatic heterocycles. The van der Waals surface area contributed by atoms with Crippen LogP contribution in [-0.4, -0.2) is 36.4 Å². The number of aryl methyl sites for hydroxylation is 1. The molecular formula is C23H18F3N3O4S. The first kappa shape index (κ1) is 22.3. The summed E-state index contributed by atoms with van der Waals surface area (Å²) in [5.74, 6) is -0.652. The van der Waals surface area contributed by atoms with Gasteiger partial charge in [0, 0.05) is 11.6 Å². The fourth-order valence-electron chi connectivity index (χ4n) is 4.56. The number of urea groups is 1. The number of hydrogen-bond acceptors (Lipinski definition) is 5. The van der Waals surface area contributed by atoms with Gasteiger partial charge in [0.15, 0.2) is 0 Å². The van der Waals surface area contributed by atoms with E-state index in [9.17, 15) is 31.2 Å². The minimum atomic E-state index is -5.55. The molecule has 1 aliphatic carbocycles. The second-order valence-electron chi connectivity index (χ2n) is 8.58. The van der Waals surface area contributed by atoms with E-state index in [-0.39, 0.29) is 11.6 Å². The lowest BCUT2D eigenvalue weighted by Gasteiger charge is -2.23. The molecule has 176 valence electrons. The zero-order chi connectivity index (χ0) is 24.6. The van der Waals surface area contributed by atoms with Crippen LogP contribution in [0, 0.1) is 12.8 Å². The Hall–Kier alpha value is -3.47. The Bertz CT molecular complexity index is 1470. The van der Waals surface area contributed by atoms with Crippen LogP contribution in [0.1, 0.15) is 18.9 Å². The number of carbonyl (C=O) groups is 2. The Kier molecular flexibility index (Phi) is 4.61. The standard InChI is InChI=1S/C23H18F3N3O4S/c1-13-3-8-18-17(11-13)19(9-10-27-18)29-21(31)28(20(30)22(29)12-14(22)2)15-4-6-16(7-5-15)34(32,33)23(24,25)26/h3-11,14H,12H2,1-2H3. The normalized spacial score (nSPS) is 22.8. The van der Waals surface area contributed by atoms with Gasteiger partial charge in [-0.15, -0.1) is 0 Å². The summed E-state index contributed by atoms with van der Waals surface area (Å²) in [4.78, 5) is 32.8. The summed E-state index contributed by atoms with van der Waals surface area (Å²) < 4.78 is 62.0. The van der Waals surface area contributed by atoms with Gasteiger partial charge in [0.1, 0.15) is 5.54 Å². The third-order valence-electron chi connectivity index (χ3n) is 6.45. The molecule has 7 nitrogen and oxygen atoms in total. The van der Waals surface area contributed by atoms with Crippen molar-refractivity contribution in [1.82, 2.24) is 4.98 Å². The van der Waals surface area contributed by atoms with E-state index in [1.165, 1.54) is 4.90 Å². The first-order valence-corrected chi connectivity index (χ1v) is 11.8. The number of anilines is 2. The molecular weight excluding hydrogens is 471 g/mol. The van der Waals surface area contributed by atoms with E-state index in [2.05, 4.69) is 4.98 Å². The predicted molar refractivity (Wildman–Crippen MR) is 118 cm³/mol. The van der Waals surface area contributed by atoms with E-state index in [1.54, 1.807) is 12.3 Å². The Labute approximate surface area is 192 Å². The largest absolute Gasteiger partial charge is 0.501 e. The maximum Gasteiger partial charge on any atom is 0.501 e. The lowest BCUT2D eigenvalue weighted by Crippen LogP contribution is -2.39. The van der Waals surface area contributed by atoms with Crippen LogP contribution < -0.4 is 9.80 Å². The fourth-order valence-corrected chi connectivity index (χ4v) is 5.32. The number of carbonyl (C=O) groups excluding carboxylic acids is 2. The van der Waals surface area contributed by atoms with Crippen molar-refractivity contribution in [2.45, 2.75) is 36.2 Å². The van der Waals surface area contributed by atoms with Crippen LogP contribution in [0.2, 0.25) is 0 Å². The van der Waals surface area contributed by atoms with E-state index < -0.39 is 37.7 Å². The molecule has 2 heterocycles. The van der Waals surface area contributed by atoms with Gasteiger partial charge in [-0.05, 0) is 61.7 Å². The third kappa shape index (κ3) is 2.96. The summed E-state index contributed by atoms with van der Waals surface area (Å²) >= 11 is 0. The van der Waals surface area contributed by atoms with Crippen molar-refractivity contribution >= 4 is 44.1 Å². The molecule has 2 fully saturated rings. The van der Waals surface area contributed by atoms with E-state index in [0.29, 0.717) is 23.0 Å². The maximum absolute atomic E-state index is 13.6. The molecule has 1 aromatic heterocycles. The van der Waals surface area contributed by atoms with Crippen molar-refractivity contribution in [3.8, 4) is 0 Å². The fraction of sp³-hybridized carbons (Fsp3) is 0.261. The number of amides is 3. The quantitative estimate of drug-likeness (QED) is 0.503. The minimum Gasteiger partial charge on any atom is -0.277 e. The average molecular weight is 489 g/mol. The number of hydrogen-bond donors (Lipinski definition) is 0.